The number of ether oxygens (including phenoxy) is 1. The number of hydroxylamine groups is 3. The fourth-order valence-corrected chi connectivity index (χ4v) is 6.76. The molecule has 1 aliphatic rings. The van der Waals surface area contributed by atoms with Gasteiger partial charge in [0.25, 0.3) is 0 Å². The number of hydrogen-bond donors (Lipinski definition) is 2. The van der Waals surface area contributed by atoms with Gasteiger partial charge in [0, 0.05) is 11.7 Å². The molecular formula is C28H32F4N3O3PS. The van der Waals surface area contributed by atoms with Crippen LogP contribution in [-0.4, -0.2) is 70.2 Å². The smallest absolute Gasteiger partial charge is 0.393 e. The summed E-state index contributed by atoms with van der Waals surface area (Å²) in [5.74, 6) is 6.29. The zero-order valence-electron chi connectivity index (χ0n) is 22.7. The Kier molecular flexibility index (Phi) is 8.77. The van der Waals surface area contributed by atoms with Crippen LogP contribution in [0, 0.1) is 17.0 Å². The molecule has 0 radical (unpaired) electrons. The van der Waals surface area contributed by atoms with E-state index in [0.29, 0.717) is 38.9 Å². The predicted octanol–water partition coefficient (Wildman–Crippen LogP) is 6.19. The van der Waals surface area contributed by atoms with Gasteiger partial charge in [-0.15, -0.1) is 11.3 Å². The third-order valence-electron chi connectivity index (χ3n) is 6.82. The maximum absolute atomic E-state index is 14.7. The van der Waals surface area contributed by atoms with Crippen molar-refractivity contribution in [2.24, 2.45) is 0 Å². The first-order valence-corrected chi connectivity index (χ1v) is 16.1. The van der Waals surface area contributed by atoms with Gasteiger partial charge < -0.3 is 29.8 Å². The van der Waals surface area contributed by atoms with E-state index in [9.17, 15) is 27.3 Å². The summed E-state index contributed by atoms with van der Waals surface area (Å²) in [5.41, 5.74) is 1.23. The van der Waals surface area contributed by atoms with Crippen LogP contribution in [0.2, 0.25) is 0 Å². The molecule has 0 unspecified atom stereocenters. The van der Waals surface area contributed by atoms with E-state index in [-0.39, 0.29) is 30.1 Å². The van der Waals surface area contributed by atoms with Gasteiger partial charge in [-0.25, -0.2) is 4.39 Å². The average Bonchev–Trinajstić information content (AvgIpc) is 3.19. The van der Waals surface area contributed by atoms with E-state index in [1.807, 2.05) is 0 Å². The number of piperidine rings is 1. The minimum atomic E-state index is -4.44. The lowest BCUT2D eigenvalue weighted by atomic mass is 10.0. The molecule has 12 heteroatoms. The lowest BCUT2D eigenvalue weighted by molar-refractivity contribution is -0.868. The first-order chi connectivity index (χ1) is 18.7. The zero-order chi connectivity index (χ0) is 29.3. The molecule has 3 atom stereocenters. The summed E-state index contributed by atoms with van der Waals surface area (Å²) in [4.78, 5) is 0.285. The molecule has 0 saturated carbocycles. The number of anilines is 2. The highest BCUT2D eigenvalue weighted by Gasteiger charge is 2.35. The first-order valence-electron chi connectivity index (χ1n) is 12.7. The highest BCUT2D eigenvalue weighted by atomic mass is 32.1. The second-order valence-corrected chi connectivity index (χ2v) is 14.8. The Bertz CT molecular complexity index is 1490. The van der Waals surface area contributed by atoms with Crippen LogP contribution in [0.1, 0.15) is 16.9 Å². The number of rotatable bonds is 7. The number of alkyl halides is 4. The molecule has 6 nitrogen and oxygen atoms in total. The number of nitrogens with one attached hydrogen (secondary N) is 2. The molecule has 2 aromatic carbocycles. The Morgan fingerprint density at radius 3 is 2.62 bits per heavy atom. The summed E-state index contributed by atoms with van der Waals surface area (Å²) in [6.45, 7) is 3.54. The van der Waals surface area contributed by atoms with Gasteiger partial charge in [0.1, 0.15) is 19.4 Å². The van der Waals surface area contributed by atoms with Crippen LogP contribution < -0.4 is 20.7 Å². The maximum atomic E-state index is 14.7. The second-order valence-electron chi connectivity index (χ2n) is 10.5. The molecule has 4 rings (SSSR count). The number of nitrogens with zero attached hydrogens (tertiary/aromatic N) is 1. The molecule has 1 aliphatic heterocycles. The van der Waals surface area contributed by atoms with Gasteiger partial charge in [-0.3, -0.25) is 0 Å². The summed E-state index contributed by atoms with van der Waals surface area (Å²) in [7, 11) is 0.452. The van der Waals surface area contributed by atoms with Crippen LogP contribution in [0.4, 0.5) is 28.9 Å². The summed E-state index contributed by atoms with van der Waals surface area (Å²) in [6, 6.07) is 9.54. The van der Waals surface area contributed by atoms with E-state index in [4.69, 9.17) is 4.74 Å². The number of benzene rings is 2. The average molecular weight is 598 g/mol. The van der Waals surface area contributed by atoms with Crippen molar-refractivity contribution in [3.63, 3.8) is 0 Å². The first kappa shape index (κ1) is 30.2. The quantitative estimate of drug-likeness (QED) is 0.112. The summed E-state index contributed by atoms with van der Waals surface area (Å²) in [5, 5.41) is 19.5. The van der Waals surface area contributed by atoms with Gasteiger partial charge in [0.2, 0.25) is 0 Å². The third-order valence-corrected chi connectivity index (χ3v) is 9.54. The van der Waals surface area contributed by atoms with Crippen LogP contribution >= 0.6 is 18.5 Å². The van der Waals surface area contributed by atoms with Crippen molar-refractivity contribution in [1.29, 1.82) is 0 Å². The molecule has 2 heterocycles. The van der Waals surface area contributed by atoms with E-state index in [1.54, 1.807) is 49.7 Å². The van der Waals surface area contributed by atoms with E-state index in [2.05, 4.69) is 22.5 Å². The molecule has 2 N–H and O–H groups in total. The Hall–Kier alpha value is -2.77. The molecular weight excluding hydrogens is 565 g/mol. The molecule has 1 aromatic heterocycles. The molecule has 40 heavy (non-hydrogen) atoms. The molecule has 0 amide bonds. The van der Waals surface area contributed by atoms with Gasteiger partial charge in [-0.1, -0.05) is 24.0 Å². The standard InChI is InChI=1S/C28H32F4N3O3PS/c1-35(36)14-12-22(21(29)17-35)34-24-8-5-7-19-20(16-28(30,31)32)26(40-27(19)24)9-6-13-33-23-11-10-18(39(3,4)37)15-25(23)38-2/h5,7-8,10-11,15,21-22,33-34H,12-14,16-17H2,1-4H3/t21-,22+,35+/m0/s1. The largest absolute Gasteiger partial charge is 0.633 e. The van der Waals surface area contributed by atoms with Gasteiger partial charge in [-0.05, 0) is 48.5 Å². The lowest BCUT2D eigenvalue weighted by Crippen LogP contribution is -2.54. The van der Waals surface area contributed by atoms with Gasteiger partial charge in [0.15, 0.2) is 6.17 Å². The number of likely N-dealkylation sites (tertiary alicyclic amines) is 1. The van der Waals surface area contributed by atoms with Crippen molar-refractivity contribution in [2.75, 3.05) is 57.8 Å². The Labute approximate surface area is 235 Å². The van der Waals surface area contributed by atoms with E-state index < -0.39 is 36.6 Å². The van der Waals surface area contributed by atoms with Crippen molar-refractivity contribution in [2.45, 2.75) is 31.2 Å². The number of quaternary nitrogens is 1. The monoisotopic (exact) mass is 597 g/mol. The number of fused-ring (bicyclic) bond motifs is 1. The number of hydrogen-bond acceptors (Lipinski definition) is 6. The minimum absolute atomic E-state index is 0.0801. The van der Waals surface area contributed by atoms with Crippen molar-refractivity contribution >= 4 is 45.2 Å². The van der Waals surface area contributed by atoms with Crippen LogP contribution in [0.3, 0.4) is 0 Å². The van der Waals surface area contributed by atoms with E-state index in [1.165, 1.54) is 14.2 Å². The number of methoxy groups -OCH3 is 1. The molecule has 1 fully saturated rings. The predicted molar refractivity (Wildman–Crippen MR) is 155 cm³/mol. The van der Waals surface area contributed by atoms with Gasteiger partial charge >= 0.3 is 6.18 Å². The minimum Gasteiger partial charge on any atom is -0.633 e. The normalized spacial score (nSPS) is 21.5. The Balaban J connectivity index is 1.60. The fourth-order valence-electron chi connectivity index (χ4n) is 4.73. The summed E-state index contributed by atoms with van der Waals surface area (Å²) < 4.78 is 73.1. The van der Waals surface area contributed by atoms with Gasteiger partial charge in [0.05, 0.1) is 60.7 Å². The molecule has 0 spiro atoms. The van der Waals surface area contributed by atoms with E-state index in [0.717, 1.165) is 11.3 Å². The van der Waals surface area contributed by atoms with Crippen LogP contribution in [0.15, 0.2) is 36.4 Å². The Morgan fingerprint density at radius 1 is 1.23 bits per heavy atom. The number of thiophene rings is 1. The van der Waals surface area contributed by atoms with Crippen LogP contribution in [0.25, 0.3) is 10.1 Å². The highest BCUT2D eigenvalue weighted by Crippen LogP contribution is 2.40. The van der Waals surface area contributed by atoms with Crippen molar-refractivity contribution in [3.8, 4) is 17.6 Å². The van der Waals surface area contributed by atoms with Crippen LogP contribution in [-0.2, 0) is 11.0 Å². The Morgan fingerprint density at radius 2 is 1.98 bits per heavy atom. The van der Waals surface area contributed by atoms with Crippen molar-refractivity contribution < 1.29 is 31.5 Å². The second kappa shape index (κ2) is 11.6. The topological polar surface area (TPSA) is 73.4 Å². The van der Waals surface area contributed by atoms with Gasteiger partial charge in [-0.2, -0.15) is 13.2 Å². The lowest BCUT2D eigenvalue weighted by Gasteiger charge is -2.45. The summed E-state index contributed by atoms with van der Waals surface area (Å²) in [6.07, 6.45) is -6.64. The third kappa shape index (κ3) is 7.29. The molecule has 0 aliphatic carbocycles. The van der Waals surface area contributed by atoms with Crippen LogP contribution in [0.5, 0.6) is 5.75 Å². The zero-order valence-corrected chi connectivity index (χ0v) is 24.4. The SMILES string of the molecule is COc1cc(P(C)(C)=O)ccc1NCC#Cc1sc2c(N[C@@H]3CC[N@@+](C)([O-])C[C@@H]3F)cccc2c1CC(F)(F)F. The molecule has 1 saturated heterocycles. The highest BCUT2D eigenvalue weighted by molar-refractivity contribution is 7.70. The molecule has 0 bridgehead atoms. The maximum Gasteiger partial charge on any atom is 0.393 e. The summed E-state index contributed by atoms with van der Waals surface area (Å²) >= 11 is 1.13. The van der Waals surface area contributed by atoms with E-state index >= 15 is 0 Å². The van der Waals surface area contributed by atoms with Crippen molar-refractivity contribution in [1.82, 2.24) is 0 Å². The molecule has 216 valence electrons. The molecule has 3 aromatic rings. The fraction of sp³-hybridized carbons (Fsp3) is 0.429. The van der Waals surface area contributed by atoms with Crippen molar-refractivity contribution in [3.05, 3.63) is 52.0 Å². The number of halogens is 4.